The Bertz CT molecular complexity index is 1000. The number of ether oxygens (including phenoxy) is 2. The topological polar surface area (TPSA) is 76.2 Å². The first kappa shape index (κ1) is 21.4. The summed E-state index contributed by atoms with van der Waals surface area (Å²) in [4.78, 5) is 20.5. The maximum absolute atomic E-state index is 12.6. The van der Waals surface area contributed by atoms with Crippen LogP contribution in [-0.2, 0) is 4.79 Å². The van der Waals surface area contributed by atoms with Crippen molar-refractivity contribution in [2.45, 2.75) is 39.8 Å². The summed E-state index contributed by atoms with van der Waals surface area (Å²) < 4.78 is 11.1. The summed E-state index contributed by atoms with van der Waals surface area (Å²) in [7, 11) is 1.60. The fraction of sp³-hybridized carbons (Fsp3) is 0.333. The Balaban J connectivity index is 1.73. The van der Waals surface area contributed by atoms with Crippen LogP contribution in [0.15, 0.2) is 48.5 Å². The first-order valence-electron chi connectivity index (χ1n) is 10.1. The molecule has 3 aromatic rings. The molecule has 0 fully saturated rings. The normalized spacial score (nSPS) is 12.6. The number of rotatable bonds is 8. The van der Waals surface area contributed by atoms with Gasteiger partial charge in [0, 0.05) is 6.08 Å². The van der Waals surface area contributed by atoms with Gasteiger partial charge in [-0.2, -0.15) is 0 Å². The van der Waals surface area contributed by atoms with Crippen LogP contribution in [0.1, 0.15) is 45.1 Å². The number of H-pyrrole nitrogens is 1. The molecule has 6 heteroatoms. The second kappa shape index (κ2) is 9.48. The summed E-state index contributed by atoms with van der Waals surface area (Å²) in [5.74, 6) is 2.06. The number of fused-ring (bicyclic) bond motifs is 1. The zero-order chi connectivity index (χ0) is 21.7. The summed E-state index contributed by atoms with van der Waals surface area (Å²) in [5.41, 5.74) is 2.69. The number of carbonyl (C=O) groups excluding carboxylic acids is 1. The van der Waals surface area contributed by atoms with Gasteiger partial charge in [0.15, 0.2) is 11.5 Å². The number of carbonyl (C=O) groups is 1. The van der Waals surface area contributed by atoms with Crippen LogP contribution in [0.5, 0.6) is 11.5 Å². The van der Waals surface area contributed by atoms with Gasteiger partial charge in [-0.25, -0.2) is 4.98 Å². The van der Waals surface area contributed by atoms with Crippen molar-refractivity contribution in [2.75, 3.05) is 7.11 Å². The van der Waals surface area contributed by atoms with Crippen molar-refractivity contribution in [1.29, 1.82) is 0 Å². The van der Waals surface area contributed by atoms with E-state index in [1.807, 2.05) is 56.3 Å². The number of benzene rings is 2. The van der Waals surface area contributed by atoms with Gasteiger partial charge in [-0.3, -0.25) is 4.79 Å². The highest BCUT2D eigenvalue weighted by Crippen LogP contribution is 2.29. The first-order chi connectivity index (χ1) is 14.4. The third-order valence-corrected chi connectivity index (χ3v) is 4.64. The number of hydrogen-bond donors (Lipinski definition) is 2. The van der Waals surface area contributed by atoms with E-state index in [0.717, 1.165) is 22.4 Å². The lowest BCUT2D eigenvalue weighted by molar-refractivity contribution is -0.117. The van der Waals surface area contributed by atoms with Gasteiger partial charge in [0.1, 0.15) is 5.82 Å². The molecule has 0 radical (unpaired) electrons. The molecule has 0 aliphatic carbocycles. The quantitative estimate of drug-likeness (QED) is 0.522. The van der Waals surface area contributed by atoms with Crippen molar-refractivity contribution < 1.29 is 14.3 Å². The van der Waals surface area contributed by atoms with Crippen LogP contribution in [-0.4, -0.2) is 29.1 Å². The van der Waals surface area contributed by atoms with Gasteiger partial charge in [-0.05, 0) is 55.7 Å². The molecule has 0 aliphatic rings. The fourth-order valence-corrected chi connectivity index (χ4v) is 3.18. The van der Waals surface area contributed by atoms with E-state index >= 15 is 0 Å². The predicted molar refractivity (Wildman–Crippen MR) is 120 cm³/mol. The molecule has 0 spiro atoms. The van der Waals surface area contributed by atoms with Crippen LogP contribution in [0.25, 0.3) is 17.1 Å². The molecule has 2 aromatic carbocycles. The number of aromatic nitrogens is 2. The molecule has 1 heterocycles. The smallest absolute Gasteiger partial charge is 0.244 e. The Kier molecular flexibility index (Phi) is 6.77. The monoisotopic (exact) mass is 407 g/mol. The van der Waals surface area contributed by atoms with E-state index in [-0.39, 0.29) is 24.0 Å². The fourth-order valence-electron chi connectivity index (χ4n) is 3.18. The summed E-state index contributed by atoms with van der Waals surface area (Å²) in [6.07, 6.45) is 3.33. The van der Waals surface area contributed by atoms with E-state index in [1.165, 1.54) is 6.08 Å². The van der Waals surface area contributed by atoms with Gasteiger partial charge in [0.05, 0.1) is 30.3 Å². The average molecular weight is 408 g/mol. The molecule has 0 aliphatic heterocycles. The lowest BCUT2D eigenvalue weighted by Gasteiger charge is -2.19. The maximum Gasteiger partial charge on any atom is 0.244 e. The summed E-state index contributed by atoms with van der Waals surface area (Å²) >= 11 is 0. The van der Waals surface area contributed by atoms with Crippen molar-refractivity contribution in [2.24, 2.45) is 5.92 Å². The van der Waals surface area contributed by atoms with Gasteiger partial charge in [-0.1, -0.05) is 32.0 Å². The molecular weight excluding hydrogens is 378 g/mol. The van der Waals surface area contributed by atoms with Gasteiger partial charge in [0.2, 0.25) is 5.91 Å². The van der Waals surface area contributed by atoms with E-state index in [0.29, 0.717) is 11.5 Å². The zero-order valence-electron chi connectivity index (χ0n) is 18.1. The van der Waals surface area contributed by atoms with Gasteiger partial charge < -0.3 is 19.8 Å². The molecule has 30 heavy (non-hydrogen) atoms. The van der Waals surface area contributed by atoms with E-state index in [1.54, 1.807) is 13.2 Å². The van der Waals surface area contributed by atoms with Crippen LogP contribution < -0.4 is 14.8 Å². The van der Waals surface area contributed by atoms with Crippen molar-refractivity contribution in [3.05, 3.63) is 59.9 Å². The number of aromatic amines is 1. The van der Waals surface area contributed by atoms with Gasteiger partial charge >= 0.3 is 0 Å². The molecule has 0 saturated carbocycles. The first-order valence-corrected chi connectivity index (χ1v) is 10.1. The van der Waals surface area contributed by atoms with Crippen molar-refractivity contribution in [3.63, 3.8) is 0 Å². The zero-order valence-corrected chi connectivity index (χ0v) is 18.1. The van der Waals surface area contributed by atoms with Crippen LogP contribution in [0, 0.1) is 5.92 Å². The van der Waals surface area contributed by atoms with E-state index in [9.17, 15) is 4.79 Å². The number of nitrogens with zero attached hydrogens (tertiary/aromatic N) is 1. The number of para-hydroxylation sites is 2. The van der Waals surface area contributed by atoms with E-state index in [4.69, 9.17) is 9.47 Å². The second-order valence-electron chi connectivity index (χ2n) is 7.78. The van der Waals surface area contributed by atoms with E-state index < -0.39 is 0 Å². The van der Waals surface area contributed by atoms with Gasteiger partial charge in [-0.15, -0.1) is 0 Å². The Morgan fingerprint density at radius 1 is 1.10 bits per heavy atom. The predicted octanol–water partition coefficient (Wildman–Crippen LogP) is 4.89. The van der Waals surface area contributed by atoms with Gasteiger partial charge in [0.25, 0.3) is 0 Å². The number of hydrogen-bond acceptors (Lipinski definition) is 4. The maximum atomic E-state index is 12.6. The lowest BCUT2D eigenvalue weighted by Crippen LogP contribution is -2.31. The Morgan fingerprint density at radius 3 is 2.53 bits per heavy atom. The minimum absolute atomic E-state index is 0.0530. The molecule has 1 atom stereocenters. The third kappa shape index (κ3) is 5.20. The standard InChI is InChI=1S/C24H29N3O3/c1-15(2)23(24-25-18-8-6-7-9-19(18)26-24)27-22(28)13-11-17-10-12-20(30-16(3)4)21(14-17)29-5/h6-16,23H,1-5H3,(H,25,26)(H,27,28)/b13-11+. The highest BCUT2D eigenvalue weighted by Gasteiger charge is 2.21. The minimum atomic E-state index is -0.217. The molecule has 1 aromatic heterocycles. The molecule has 1 unspecified atom stereocenters. The summed E-state index contributed by atoms with van der Waals surface area (Å²) in [6, 6.07) is 13.2. The van der Waals surface area contributed by atoms with Crippen LogP contribution in [0.4, 0.5) is 0 Å². The minimum Gasteiger partial charge on any atom is -0.493 e. The largest absolute Gasteiger partial charge is 0.493 e. The van der Waals surface area contributed by atoms with Crippen molar-refractivity contribution >= 4 is 23.0 Å². The number of imidazole rings is 1. The third-order valence-electron chi connectivity index (χ3n) is 4.64. The van der Waals surface area contributed by atoms with Crippen molar-refractivity contribution in [3.8, 4) is 11.5 Å². The van der Waals surface area contributed by atoms with Crippen LogP contribution in [0.2, 0.25) is 0 Å². The summed E-state index contributed by atoms with van der Waals surface area (Å²) in [6.45, 7) is 8.04. The molecule has 1 amide bonds. The number of amides is 1. The molecule has 3 rings (SSSR count). The summed E-state index contributed by atoms with van der Waals surface area (Å²) in [5, 5.41) is 3.05. The Hall–Kier alpha value is -3.28. The SMILES string of the molecule is COc1cc(/C=C/C(=O)NC(c2nc3ccccc3[nH]2)C(C)C)ccc1OC(C)C. The average Bonchev–Trinajstić information content (AvgIpc) is 3.14. The molecule has 6 nitrogen and oxygen atoms in total. The van der Waals surface area contributed by atoms with Crippen molar-refractivity contribution in [1.82, 2.24) is 15.3 Å². The highest BCUT2D eigenvalue weighted by molar-refractivity contribution is 5.92. The molecular formula is C24H29N3O3. The molecule has 2 N–H and O–H groups in total. The Morgan fingerprint density at radius 2 is 1.87 bits per heavy atom. The molecule has 0 saturated heterocycles. The second-order valence-corrected chi connectivity index (χ2v) is 7.78. The molecule has 0 bridgehead atoms. The highest BCUT2D eigenvalue weighted by atomic mass is 16.5. The van der Waals surface area contributed by atoms with E-state index in [2.05, 4.69) is 29.1 Å². The Labute approximate surface area is 177 Å². The van der Waals surface area contributed by atoms with Crippen LogP contribution in [0.3, 0.4) is 0 Å². The van der Waals surface area contributed by atoms with Crippen LogP contribution >= 0.6 is 0 Å². The number of methoxy groups -OCH3 is 1. The lowest BCUT2D eigenvalue weighted by atomic mass is 10.0. The molecule has 158 valence electrons. The number of nitrogens with one attached hydrogen (secondary N) is 2.